The van der Waals surface area contributed by atoms with Crippen LogP contribution in [0.5, 0.6) is 28.7 Å². The second-order valence-electron chi connectivity index (χ2n) is 5.59. The fourth-order valence-electron chi connectivity index (χ4n) is 3.02. The van der Waals surface area contributed by atoms with Crippen molar-refractivity contribution in [2.75, 3.05) is 0 Å². The molecule has 116 valence electrons. The zero-order chi connectivity index (χ0) is 16.0. The lowest BCUT2D eigenvalue weighted by Crippen LogP contribution is -2.28. The van der Waals surface area contributed by atoms with Crippen LogP contribution in [-0.4, -0.2) is 36.7 Å². The van der Waals surface area contributed by atoms with Crippen molar-refractivity contribution >= 4 is 0 Å². The molecule has 0 radical (unpaired) electrons. The van der Waals surface area contributed by atoms with Crippen molar-refractivity contribution in [3.8, 4) is 28.7 Å². The van der Waals surface area contributed by atoms with Gasteiger partial charge in [-0.2, -0.15) is 0 Å². The molecule has 1 aliphatic carbocycles. The van der Waals surface area contributed by atoms with E-state index in [2.05, 4.69) is 0 Å². The first-order valence-electron chi connectivity index (χ1n) is 6.83. The number of fused-ring (bicyclic) bond motifs is 1. The smallest absolute Gasteiger partial charge is 0.200 e. The number of phenolic OH excluding ortho intramolecular Hbond substituents is 5. The number of aliphatic hydroxyl groups excluding tert-OH is 1. The number of hydrogen-bond acceptors (Lipinski definition) is 6. The SMILES string of the molecule is Oc1cc(O)c2c(c1)C[C@H](c1cc(O)c(O)c(O)c1)[C@@H](O)C2. The lowest BCUT2D eigenvalue weighted by molar-refractivity contribution is 0.133. The summed E-state index contributed by atoms with van der Waals surface area (Å²) in [4.78, 5) is 0. The number of hydrogen-bond donors (Lipinski definition) is 6. The van der Waals surface area contributed by atoms with E-state index in [1.807, 2.05) is 0 Å². The molecule has 0 heterocycles. The van der Waals surface area contributed by atoms with Gasteiger partial charge in [0.1, 0.15) is 11.5 Å². The van der Waals surface area contributed by atoms with Crippen LogP contribution in [0.1, 0.15) is 22.6 Å². The van der Waals surface area contributed by atoms with Crippen molar-refractivity contribution in [3.63, 3.8) is 0 Å². The molecule has 0 amide bonds. The van der Waals surface area contributed by atoms with Gasteiger partial charge in [0, 0.05) is 18.4 Å². The molecule has 0 aliphatic heterocycles. The molecular weight excluding hydrogens is 288 g/mol. The summed E-state index contributed by atoms with van der Waals surface area (Å²) in [7, 11) is 0. The molecule has 0 saturated carbocycles. The molecule has 2 aromatic carbocycles. The van der Waals surface area contributed by atoms with Crippen LogP contribution in [0.2, 0.25) is 0 Å². The average molecular weight is 304 g/mol. The Bertz CT molecular complexity index is 717. The Morgan fingerprint density at radius 2 is 1.41 bits per heavy atom. The lowest BCUT2D eigenvalue weighted by Gasteiger charge is -2.30. The first-order valence-corrected chi connectivity index (χ1v) is 6.83. The molecule has 6 nitrogen and oxygen atoms in total. The third-order valence-corrected chi connectivity index (χ3v) is 4.14. The highest BCUT2D eigenvalue weighted by Gasteiger charge is 2.31. The van der Waals surface area contributed by atoms with Crippen molar-refractivity contribution in [2.24, 2.45) is 0 Å². The minimum Gasteiger partial charge on any atom is -0.508 e. The van der Waals surface area contributed by atoms with Gasteiger partial charge in [0.15, 0.2) is 17.2 Å². The summed E-state index contributed by atoms with van der Waals surface area (Å²) in [6, 6.07) is 5.32. The van der Waals surface area contributed by atoms with E-state index in [1.165, 1.54) is 24.3 Å². The zero-order valence-corrected chi connectivity index (χ0v) is 11.6. The third-order valence-electron chi connectivity index (χ3n) is 4.14. The largest absolute Gasteiger partial charge is 0.508 e. The predicted molar refractivity (Wildman–Crippen MR) is 77.4 cm³/mol. The van der Waals surface area contributed by atoms with Gasteiger partial charge < -0.3 is 30.6 Å². The van der Waals surface area contributed by atoms with E-state index >= 15 is 0 Å². The minimum atomic E-state index is -0.828. The van der Waals surface area contributed by atoms with Crippen LogP contribution in [0.25, 0.3) is 0 Å². The van der Waals surface area contributed by atoms with Gasteiger partial charge >= 0.3 is 0 Å². The highest BCUT2D eigenvalue weighted by molar-refractivity contribution is 5.54. The summed E-state index contributed by atoms with van der Waals surface area (Å²) in [5, 5.41) is 58.4. The molecule has 3 rings (SSSR count). The van der Waals surface area contributed by atoms with Gasteiger partial charge in [-0.1, -0.05) is 0 Å². The normalized spacial score (nSPS) is 20.6. The molecular formula is C16H16O6. The topological polar surface area (TPSA) is 121 Å². The zero-order valence-electron chi connectivity index (χ0n) is 11.6. The molecule has 6 N–H and O–H groups in total. The van der Waals surface area contributed by atoms with E-state index in [1.54, 1.807) is 0 Å². The molecule has 0 unspecified atom stereocenters. The van der Waals surface area contributed by atoms with Gasteiger partial charge in [-0.05, 0) is 41.3 Å². The van der Waals surface area contributed by atoms with Gasteiger partial charge in [0.25, 0.3) is 0 Å². The standard InChI is InChI=1S/C16H16O6/c17-9-1-7-2-10(13(19)6-11(7)12(18)5-9)8-3-14(20)16(22)15(21)4-8/h1,3-5,10,13,17-22H,2,6H2/t10-,13+/m1/s1. The summed E-state index contributed by atoms with van der Waals surface area (Å²) in [5.41, 5.74) is 1.74. The summed E-state index contributed by atoms with van der Waals surface area (Å²) in [6.45, 7) is 0. The van der Waals surface area contributed by atoms with Crippen LogP contribution in [0.4, 0.5) is 0 Å². The highest BCUT2D eigenvalue weighted by atomic mass is 16.3. The van der Waals surface area contributed by atoms with Crippen molar-refractivity contribution in [3.05, 3.63) is 41.0 Å². The Labute approximate surface area is 126 Å². The fraction of sp³-hybridized carbons (Fsp3) is 0.250. The molecule has 2 aromatic rings. The van der Waals surface area contributed by atoms with Crippen LogP contribution in [0.15, 0.2) is 24.3 Å². The molecule has 6 heteroatoms. The Balaban J connectivity index is 2.03. The lowest BCUT2D eigenvalue weighted by atomic mass is 9.77. The molecule has 0 fully saturated rings. The van der Waals surface area contributed by atoms with Gasteiger partial charge in [0.05, 0.1) is 6.10 Å². The summed E-state index contributed by atoms with van der Waals surface area (Å²) < 4.78 is 0. The molecule has 1 aliphatic rings. The first kappa shape index (κ1) is 14.3. The molecule has 2 atom stereocenters. The average Bonchev–Trinajstić information content (AvgIpc) is 2.44. The predicted octanol–water partition coefficient (Wildman–Crippen LogP) is 1.46. The third kappa shape index (κ3) is 2.27. The van der Waals surface area contributed by atoms with E-state index in [9.17, 15) is 30.6 Å². The van der Waals surface area contributed by atoms with Gasteiger partial charge in [-0.3, -0.25) is 0 Å². The van der Waals surface area contributed by atoms with Gasteiger partial charge in [0.2, 0.25) is 0 Å². The van der Waals surface area contributed by atoms with Crippen LogP contribution in [0.3, 0.4) is 0 Å². The first-order chi connectivity index (χ1) is 10.4. The number of phenols is 5. The van der Waals surface area contributed by atoms with Crippen molar-refractivity contribution in [1.29, 1.82) is 0 Å². The number of aliphatic hydroxyl groups is 1. The van der Waals surface area contributed by atoms with Crippen LogP contribution >= 0.6 is 0 Å². The maximum absolute atomic E-state index is 10.3. The van der Waals surface area contributed by atoms with Crippen LogP contribution in [0, 0.1) is 0 Å². The monoisotopic (exact) mass is 304 g/mol. The van der Waals surface area contributed by atoms with Crippen molar-refractivity contribution < 1.29 is 30.6 Å². The van der Waals surface area contributed by atoms with E-state index in [4.69, 9.17) is 0 Å². The van der Waals surface area contributed by atoms with E-state index in [-0.39, 0.29) is 17.9 Å². The quantitative estimate of drug-likeness (QED) is 0.444. The molecule has 22 heavy (non-hydrogen) atoms. The Morgan fingerprint density at radius 3 is 2.05 bits per heavy atom. The Morgan fingerprint density at radius 1 is 0.773 bits per heavy atom. The maximum Gasteiger partial charge on any atom is 0.200 e. The molecule has 0 spiro atoms. The van der Waals surface area contributed by atoms with Crippen LogP contribution < -0.4 is 0 Å². The number of aromatic hydroxyl groups is 5. The summed E-state index contributed by atoms with van der Waals surface area (Å²) >= 11 is 0. The number of benzene rings is 2. The highest BCUT2D eigenvalue weighted by Crippen LogP contribution is 2.43. The van der Waals surface area contributed by atoms with Gasteiger partial charge in [-0.15, -0.1) is 0 Å². The molecule has 0 aromatic heterocycles. The molecule has 0 bridgehead atoms. The fourth-order valence-corrected chi connectivity index (χ4v) is 3.02. The second-order valence-corrected chi connectivity index (χ2v) is 5.59. The van der Waals surface area contributed by atoms with Gasteiger partial charge in [-0.25, -0.2) is 0 Å². The Kier molecular flexibility index (Phi) is 3.26. The minimum absolute atomic E-state index is 0.0658. The van der Waals surface area contributed by atoms with E-state index in [0.717, 1.165) is 0 Å². The van der Waals surface area contributed by atoms with E-state index < -0.39 is 29.3 Å². The number of rotatable bonds is 1. The van der Waals surface area contributed by atoms with Crippen LogP contribution in [-0.2, 0) is 12.8 Å². The summed E-state index contributed by atoms with van der Waals surface area (Å²) in [6.07, 6.45) is -0.317. The molecule has 0 saturated heterocycles. The maximum atomic E-state index is 10.3. The summed E-state index contributed by atoms with van der Waals surface area (Å²) in [5.74, 6) is -2.11. The van der Waals surface area contributed by atoms with E-state index in [0.29, 0.717) is 23.1 Å². The van der Waals surface area contributed by atoms with Crippen molar-refractivity contribution in [2.45, 2.75) is 24.9 Å². The van der Waals surface area contributed by atoms with Crippen molar-refractivity contribution in [1.82, 2.24) is 0 Å². The second kappa shape index (κ2) is 4.99. The Hall–Kier alpha value is -2.60.